The average Bonchev–Trinajstić information content (AvgIpc) is 2.83. The molecule has 0 radical (unpaired) electrons. The number of carbonyl (C=O) groups is 4. The first-order valence-electron chi connectivity index (χ1n) is 13.5. The molecule has 4 atom stereocenters. The minimum atomic E-state index is -1.13. The van der Waals surface area contributed by atoms with E-state index in [9.17, 15) is 29.4 Å². The first-order chi connectivity index (χ1) is 17.7. The van der Waals surface area contributed by atoms with Gasteiger partial charge in [-0.05, 0) is 45.1 Å². The van der Waals surface area contributed by atoms with Crippen molar-refractivity contribution >= 4 is 33.2 Å². The van der Waals surface area contributed by atoms with Gasteiger partial charge in [-0.15, -0.1) is 0 Å². The van der Waals surface area contributed by atoms with E-state index in [4.69, 9.17) is 10.2 Å². The molecule has 37 heavy (non-hydrogen) atoms. The largest absolute Gasteiger partial charge is 0.481 e. The summed E-state index contributed by atoms with van der Waals surface area (Å²) in [6.07, 6.45) is 11.5. The van der Waals surface area contributed by atoms with Gasteiger partial charge in [0.25, 0.3) is 0 Å². The molecule has 0 spiro atoms. The molecule has 0 aromatic carbocycles. The zero-order chi connectivity index (χ0) is 27.9. The Morgan fingerprint density at radius 1 is 0.622 bits per heavy atom. The summed E-state index contributed by atoms with van der Waals surface area (Å²) in [5, 5.41) is 45.1. The van der Waals surface area contributed by atoms with Crippen LogP contribution in [0.2, 0.25) is 0 Å². The Balaban J connectivity index is 3.83. The third-order valence-electron chi connectivity index (χ3n) is 6.21. The van der Waals surface area contributed by atoms with Gasteiger partial charge in [0.05, 0.1) is 0 Å². The van der Waals surface area contributed by atoms with Crippen molar-refractivity contribution in [2.24, 2.45) is 0 Å². The van der Waals surface area contributed by atoms with Crippen LogP contribution in [0.1, 0.15) is 109 Å². The van der Waals surface area contributed by atoms with Crippen LogP contribution in [-0.2, 0) is 19.2 Å². The number of amides is 1. The molecule has 0 aliphatic heterocycles. The number of rotatable bonds is 26. The van der Waals surface area contributed by atoms with Crippen LogP contribution in [0.5, 0.6) is 0 Å². The molecule has 2 unspecified atom stereocenters. The zero-order valence-electron chi connectivity index (χ0n) is 22.0. The second-order valence-corrected chi connectivity index (χ2v) is 9.82. The minimum Gasteiger partial charge on any atom is -0.481 e. The highest BCUT2D eigenvalue weighted by Crippen LogP contribution is 2.12. The van der Waals surface area contributed by atoms with Gasteiger partial charge < -0.3 is 25.7 Å². The maximum atomic E-state index is 12.1. The highest BCUT2D eigenvalue weighted by Gasteiger charge is 2.21. The van der Waals surface area contributed by atoms with Crippen molar-refractivity contribution in [1.82, 2.24) is 15.7 Å². The number of hydrogen-bond donors (Lipinski definition) is 7. The van der Waals surface area contributed by atoms with Gasteiger partial charge in [0.2, 0.25) is 5.91 Å². The van der Waals surface area contributed by atoms with E-state index in [0.717, 1.165) is 57.8 Å². The lowest BCUT2D eigenvalue weighted by atomic mass is 10.0. The van der Waals surface area contributed by atoms with Gasteiger partial charge in [-0.1, -0.05) is 67.2 Å². The summed E-state index contributed by atoms with van der Waals surface area (Å²) in [7, 11) is 2.19. The van der Waals surface area contributed by atoms with E-state index >= 15 is 0 Å². The summed E-state index contributed by atoms with van der Waals surface area (Å²) in [6, 6.07) is -1.68. The summed E-state index contributed by atoms with van der Waals surface area (Å²) >= 11 is 0. The summed E-state index contributed by atoms with van der Waals surface area (Å²) in [5.41, 5.74) is 0. The lowest BCUT2D eigenvalue weighted by Crippen LogP contribution is -2.42. The van der Waals surface area contributed by atoms with Gasteiger partial charge in [0, 0.05) is 12.8 Å². The molecule has 0 fully saturated rings. The van der Waals surface area contributed by atoms with Gasteiger partial charge in [-0.2, -0.15) is 0 Å². The first kappa shape index (κ1) is 35.2. The van der Waals surface area contributed by atoms with Gasteiger partial charge >= 0.3 is 17.9 Å². The van der Waals surface area contributed by atoms with E-state index in [0.29, 0.717) is 32.2 Å². The second-order valence-electron chi connectivity index (χ2n) is 9.49. The van der Waals surface area contributed by atoms with Crippen molar-refractivity contribution < 1.29 is 39.6 Å². The minimum absolute atomic E-state index is 0.101. The molecule has 7 N–H and O–H groups in total. The fourth-order valence-corrected chi connectivity index (χ4v) is 4.26. The lowest BCUT2D eigenvalue weighted by Gasteiger charge is -2.18. The molecule has 0 aromatic heterocycles. The molecule has 11 nitrogen and oxygen atoms in total. The van der Waals surface area contributed by atoms with Crippen molar-refractivity contribution in [3.63, 3.8) is 0 Å². The molecule has 0 aliphatic carbocycles. The number of carboxylic acids is 3. The number of aliphatic hydroxyl groups is 1. The van der Waals surface area contributed by atoms with E-state index < -0.39 is 36.2 Å². The Kier molecular flexibility index (Phi) is 22.2. The Labute approximate surface area is 222 Å². The van der Waals surface area contributed by atoms with Crippen LogP contribution < -0.4 is 15.7 Å². The Morgan fingerprint density at radius 3 is 1.62 bits per heavy atom. The molecule has 0 bridgehead atoms. The molecule has 12 heteroatoms. The third kappa shape index (κ3) is 21.9. The molecule has 0 heterocycles. The van der Waals surface area contributed by atoms with E-state index in [1.54, 1.807) is 0 Å². The zero-order valence-corrected chi connectivity index (χ0v) is 23.1. The Hall–Kier alpha value is -1.81. The molecule has 216 valence electrons. The molecule has 0 saturated carbocycles. The van der Waals surface area contributed by atoms with E-state index in [1.807, 2.05) is 0 Å². The summed E-state index contributed by atoms with van der Waals surface area (Å²) in [4.78, 5) is 45.0. The van der Waals surface area contributed by atoms with Crippen molar-refractivity contribution in [2.45, 2.75) is 127 Å². The van der Waals surface area contributed by atoms with E-state index in [2.05, 4.69) is 25.1 Å². The topological polar surface area (TPSA) is 185 Å². The predicted octanol–water partition coefficient (Wildman–Crippen LogP) is 3.01. The summed E-state index contributed by atoms with van der Waals surface area (Å²) in [5.74, 6) is -3.08. The highest BCUT2D eigenvalue weighted by atomic mass is 31.0. The van der Waals surface area contributed by atoms with Crippen molar-refractivity contribution in [2.75, 3.05) is 6.54 Å². The third-order valence-corrected chi connectivity index (χ3v) is 6.61. The van der Waals surface area contributed by atoms with Crippen molar-refractivity contribution in [3.8, 4) is 0 Å². The molecular weight excluding hydrogens is 501 g/mol. The monoisotopic (exact) mass is 549 g/mol. The summed E-state index contributed by atoms with van der Waals surface area (Å²) in [6.45, 7) is 0.473. The van der Waals surface area contributed by atoms with Crippen molar-refractivity contribution in [3.05, 3.63) is 0 Å². The maximum Gasteiger partial charge on any atom is 0.326 e. The second kappa shape index (κ2) is 23.3. The average molecular weight is 550 g/mol. The molecule has 1 amide bonds. The van der Waals surface area contributed by atoms with Crippen LogP contribution in [0.3, 0.4) is 0 Å². The van der Waals surface area contributed by atoms with Gasteiger partial charge in [-0.25, -0.2) is 4.79 Å². The van der Waals surface area contributed by atoms with Crippen LogP contribution in [0, 0.1) is 0 Å². The van der Waals surface area contributed by atoms with E-state index in [1.165, 1.54) is 0 Å². The van der Waals surface area contributed by atoms with Crippen LogP contribution in [0.4, 0.5) is 0 Å². The highest BCUT2D eigenvalue weighted by molar-refractivity contribution is 7.13. The lowest BCUT2D eigenvalue weighted by molar-refractivity contribution is -0.142. The Morgan fingerprint density at radius 2 is 1.14 bits per heavy atom. The fourth-order valence-electron chi connectivity index (χ4n) is 3.95. The quantitative estimate of drug-likeness (QED) is 0.0480. The summed E-state index contributed by atoms with van der Waals surface area (Å²) < 4.78 is 0. The molecule has 0 aromatic rings. The number of aliphatic hydroxyl groups excluding tert-OH is 1. The number of carboxylic acid groups (broad SMARTS) is 3. The smallest absolute Gasteiger partial charge is 0.326 e. The first-order valence-corrected chi connectivity index (χ1v) is 14.1. The van der Waals surface area contributed by atoms with E-state index in [-0.39, 0.29) is 31.6 Å². The number of aliphatic carboxylic acids is 3. The molecule has 0 aliphatic rings. The number of unbranched alkanes of at least 4 members (excludes halogenated alkanes) is 10. The number of nitrogens with one attached hydrogen (secondary N) is 3. The van der Waals surface area contributed by atoms with Gasteiger partial charge in [0.1, 0.15) is 18.3 Å². The number of hydrogen-bond acceptors (Lipinski definition) is 7. The molecule has 0 rings (SSSR count). The standard InChI is InChI=1S/C25H48N3O8P/c29-21(26-18-12-11-13-20(28-37)25(35)36)17-16-19(24(33)34)27-22(30)14-9-7-5-3-1-2-4-6-8-10-15-23(31)32/h19-21,26,28-29H,1-18,37H2,(H,27,30)(H,31,32)(H,33,34)(H,35,36)/t19-,20-,21?/m0/s1. The SMILES string of the molecule is O=C(O)CCCCCCCCCCCCC(=O)N[C@@H](CCC(O)NCCCC[C@H](NP)C(=O)O)C(=O)O. The maximum absolute atomic E-state index is 12.1. The fraction of sp³-hybridized carbons (Fsp3) is 0.840. The van der Waals surface area contributed by atoms with Crippen molar-refractivity contribution in [1.29, 1.82) is 0 Å². The predicted molar refractivity (Wildman–Crippen MR) is 144 cm³/mol. The van der Waals surface area contributed by atoms with Gasteiger partial charge in [-0.3, -0.25) is 24.8 Å². The Bertz CT molecular complexity index is 653. The van der Waals surface area contributed by atoms with Crippen LogP contribution in [-0.4, -0.2) is 69.1 Å². The van der Waals surface area contributed by atoms with Gasteiger partial charge in [0.15, 0.2) is 0 Å². The van der Waals surface area contributed by atoms with Crippen LogP contribution in [0.15, 0.2) is 0 Å². The number of carbonyl (C=O) groups excluding carboxylic acids is 1. The molecule has 0 saturated heterocycles. The van der Waals surface area contributed by atoms with Crippen LogP contribution >= 0.6 is 9.39 Å². The normalized spacial score (nSPS) is 13.6. The molecular formula is C25H48N3O8P. The van der Waals surface area contributed by atoms with Crippen LogP contribution in [0.25, 0.3) is 0 Å².